The number of fused-ring (bicyclic) bond motifs is 1. The standard InChI is InChI=1S/C26H30N4OS/c1-18-11-10-12-19(27-18)17-23(29-32(31)26(2,3)4)20-13-6-7-14-21(20)25-22-15-8-9-16-24(22)30(5)28-25/h6-16,23,29H,17H2,1-5H3. The van der Waals surface area contributed by atoms with Gasteiger partial charge in [0.1, 0.15) is 10.4 Å². The summed E-state index contributed by atoms with van der Waals surface area (Å²) in [6.45, 7) is 7.94. The summed E-state index contributed by atoms with van der Waals surface area (Å²) >= 11 is -1.24. The summed E-state index contributed by atoms with van der Waals surface area (Å²) in [4.78, 5) is 4.71. The molecule has 2 atom stereocenters. The zero-order valence-corrected chi connectivity index (χ0v) is 20.1. The molecule has 166 valence electrons. The highest BCUT2D eigenvalue weighted by atomic mass is 32.2. The van der Waals surface area contributed by atoms with E-state index in [0.29, 0.717) is 6.42 Å². The second-order valence-electron chi connectivity index (χ2n) is 9.10. The van der Waals surface area contributed by atoms with Gasteiger partial charge < -0.3 is 4.55 Å². The molecule has 0 aliphatic heterocycles. The van der Waals surface area contributed by atoms with Crippen LogP contribution in [0.4, 0.5) is 0 Å². The summed E-state index contributed by atoms with van der Waals surface area (Å²) in [5.74, 6) is 0. The monoisotopic (exact) mass is 446 g/mol. The van der Waals surface area contributed by atoms with Crippen LogP contribution in [0.1, 0.15) is 43.8 Å². The zero-order valence-electron chi connectivity index (χ0n) is 19.3. The third-order valence-corrected chi connectivity index (χ3v) is 7.12. The summed E-state index contributed by atoms with van der Waals surface area (Å²) in [5.41, 5.74) is 6.07. The van der Waals surface area contributed by atoms with Gasteiger partial charge in [0.25, 0.3) is 0 Å². The van der Waals surface area contributed by atoms with Crippen LogP contribution in [-0.4, -0.2) is 24.1 Å². The number of aryl methyl sites for hydroxylation is 2. The van der Waals surface area contributed by atoms with E-state index in [9.17, 15) is 4.55 Å². The number of nitrogens with zero attached hydrogens (tertiary/aromatic N) is 3. The second kappa shape index (κ2) is 9.06. The largest absolute Gasteiger partial charge is 0.598 e. The first kappa shape index (κ1) is 22.5. The molecule has 0 saturated heterocycles. The average Bonchev–Trinajstić information content (AvgIpc) is 3.09. The number of benzene rings is 2. The molecule has 1 N–H and O–H groups in total. The van der Waals surface area contributed by atoms with Crippen LogP contribution in [0.15, 0.2) is 66.7 Å². The van der Waals surface area contributed by atoms with Crippen molar-refractivity contribution < 1.29 is 4.55 Å². The molecule has 6 heteroatoms. The van der Waals surface area contributed by atoms with Gasteiger partial charge in [-0.1, -0.05) is 48.5 Å². The topological polar surface area (TPSA) is 65.8 Å². The molecule has 4 aromatic rings. The van der Waals surface area contributed by atoms with Gasteiger partial charge in [-0.2, -0.15) is 5.10 Å². The van der Waals surface area contributed by atoms with Crippen LogP contribution in [0.3, 0.4) is 0 Å². The molecule has 0 radical (unpaired) electrons. The van der Waals surface area contributed by atoms with Gasteiger partial charge >= 0.3 is 0 Å². The van der Waals surface area contributed by atoms with Crippen molar-refractivity contribution in [1.29, 1.82) is 0 Å². The molecule has 0 spiro atoms. The highest BCUT2D eigenvalue weighted by molar-refractivity contribution is 7.90. The summed E-state index contributed by atoms with van der Waals surface area (Å²) in [6.07, 6.45) is 0.630. The Kier molecular flexibility index (Phi) is 6.38. The van der Waals surface area contributed by atoms with Crippen molar-refractivity contribution in [2.24, 2.45) is 7.05 Å². The maximum absolute atomic E-state index is 13.1. The smallest absolute Gasteiger partial charge is 0.136 e. The molecule has 2 heterocycles. The Morgan fingerprint density at radius 1 is 1.00 bits per heavy atom. The number of nitrogens with one attached hydrogen (secondary N) is 1. The van der Waals surface area contributed by atoms with Gasteiger partial charge in [-0.3, -0.25) is 9.67 Å². The van der Waals surface area contributed by atoms with Crippen LogP contribution in [0, 0.1) is 6.92 Å². The van der Waals surface area contributed by atoms with Gasteiger partial charge in [-0.05, 0) is 51.5 Å². The van der Waals surface area contributed by atoms with Crippen molar-refractivity contribution in [3.05, 3.63) is 83.7 Å². The van der Waals surface area contributed by atoms with Crippen LogP contribution in [0.25, 0.3) is 22.2 Å². The Morgan fingerprint density at radius 3 is 2.47 bits per heavy atom. The molecule has 0 aliphatic rings. The fraction of sp³-hybridized carbons (Fsp3) is 0.308. The molecule has 2 aromatic carbocycles. The molecule has 0 aliphatic carbocycles. The van der Waals surface area contributed by atoms with Crippen molar-refractivity contribution in [3.63, 3.8) is 0 Å². The molecular weight excluding hydrogens is 416 g/mol. The van der Waals surface area contributed by atoms with E-state index in [-0.39, 0.29) is 10.8 Å². The fourth-order valence-corrected chi connectivity index (χ4v) is 4.69. The van der Waals surface area contributed by atoms with Gasteiger partial charge in [-0.15, -0.1) is 4.72 Å². The van der Waals surface area contributed by atoms with Gasteiger partial charge in [0, 0.05) is 47.2 Å². The molecule has 4 rings (SSSR count). The zero-order chi connectivity index (χ0) is 22.9. The van der Waals surface area contributed by atoms with E-state index < -0.39 is 11.4 Å². The summed E-state index contributed by atoms with van der Waals surface area (Å²) in [5, 5.41) is 5.95. The van der Waals surface area contributed by atoms with Crippen molar-refractivity contribution in [3.8, 4) is 11.3 Å². The van der Waals surface area contributed by atoms with Crippen LogP contribution >= 0.6 is 0 Å². The van der Waals surface area contributed by atoms with Gasteiger partial charge in [0.05, 0.1) is 11.6 Å². The number of aromatic nitrogens is 3. The first-order valence-corrected chi connectivity index (χ1v) is 12.0. The molecular formula is C26H30N4OS. The van der Waals surface area contributed by atoms with Crippen molar-refractivity contribution in [2.45, 2.75) is 44.9 Å². The number of rotatable bonds is 6. The van der Waals surface area contributed by atoms with Crippen molar-refractivity contribution in [1.82, 2.24) is 19.5 Å². The molecule has 0 amide bonds. The molecule has 0 bridgehead atoms. The minimum Gasteiger partial charge on any atom is -0.598 e. The molecule has 5 nitrogen and oxygen atoms in total. The SMILES string of the molecule is Cc1cccc(CC(N[S+]([O-])C(C)(C)C)c2ccccc2-c2nn(C)c3ccccc23)n1. The predicted molar refractivity (Wildman–Crippen MR) is 133 cm³/mol. The summed E-state index contributed by atoms with van der Waals surface area (Å²) in [7, 11) is 1.97. The molecule has 2 unspecified atom stereocenters. The van der Waals surface area contributed by atoms with E-state index in [1.807, 2.05) is 81.9 Å². The highest BCUT2D eigenvalue weighted by Gasteiger charge is 2.31. The Hall–Kier alpha value is -2.67. The quantitative estimate of drug-likeness (QED) is 0.409. The lowest BCUT2D eigenvalue weighted by atomic mass is 9.94. The minimum absolute atomic E-state index is 0.179. The van der Waals surface area contributed by atoms with Crippen molar-refractivity contribution in [2.75, 3.05) is 0 Å². The number of para-hydroxylation sites is 1. The first-order chi connectivity index (χ1) is 15.2. The maximum Gasteiger partial charge on any atom is 0.136 e. The Labute approximate surface area is 193 Å². The number of pyridine rings is 1. The normalized spacial score (nSPS) is 13.9. The summed E-state index contributed by atoms with van der Waals surface area (Å²) < 4.78 is 18.1. The van der Waals surface area contributed by atoms with Crippen LogP contribution in [-0.2, 0) is 24.8 Å². The van der Waals surface area contributed by atoms with E-state index in [1.165, 1.54) is 0 Å². The Bertz CT molecular complexity index is 1230. The van der Waals surface area contributed by atoms with E-state index in [0.717, 1.165) is 39.1 Å². The summed E-state index contributed by atoms with van der Waals surface area (Å²) in [6, 6.07) is 22.4. The predicted octanol–water partition coefficient (Wildman–Crippen LogP) is 5.28. The number of hydrogen-bond donors (Lipinski definition) is 1. The minimum atomic E-state index is -1.24. The highest BCUT2D eigenvalue weighted by Crippen LogP contribution is 2.34. The van der Waals surface area contributed by atoms with E-state index in [4.69, 9.17) is 10.1 Å². The lowest BCUT2D eigenvalue weighted by Gasteiger charge is -2.29. The fourth-order valence-electron chi connectivity index (χ4n) is 3.87. The van der Waals surface area contributed by atoms with E-state index in [2.05, 4.69) is 29.0 Å². The Balaban J connectivity index is 1.82. The Morgan fingerprint density at radius 2 is 1.72 bits per heavy atom. The molecule has 2 aromatic heterocycles. The lowest BCUT2D eigenvalue weighted by molar-refractivity contribution is 0.521. The molecule has 0 fully saturated rings. The number of hydrogen-bond acceptors (Lipinski definition) is 4. The molecule has 0 saturated carbocycles. The second-order valence-corrected chi connectivity index (χ2v) is 11.1. The van der Waals surface area contributed by atoms with Crippen molar-refractivity contribution >= 4 is 22.3 Å². The molecule has 32 heavy (non-hydrogen) atoms. The lowest BCUT2D eigenvalue weighted by Crippen LogP contribution is -2.42. The van der Waals surface area contributed by atoms with Gasteiger partial charge in [0.2, 0.25) is 0 Å². The maximum atomic E-state index is 13.1. The third-order valence-electron chi connectivity index (χ3n) is 5.51. The third kappa shape index (κ3) is 4.72. The van der Waals surface area contributed by atoms with Gasteiger partial charge in [-0.25, -0.2) is 0 Å². The first-order valence-electron chi connectivity index (χ1n) is 10.9. The van der Waals surface area contributed by atoms with Crippen LogP contribution < -0.4 is 4.72 Å². The van der Waals surface area contributed by atoms with Crippen LogP contribution in [0.5, 0.6) is 0 Å². The van der Waals surface area contributed by atoms with E-state index >= 15 is 0 Å². The van der Waals surface area contributed by atoms with E-state index in [1.54, 1.807) is 0 Å². The van der Waals surface area contributed by atoms with Gasteiger partial charge in [0.15, 0.2) is 0 Å². The van der Waals surface area contributed by atoms with Crippen LogP contribution in [0.2, 0.25) is 0 Å². The average molecular weight is 447 g/mol.